The molecule has 35 heavy (non-hydrogen) atoms. The lowest BCUT2D eigenvalue weighted by Crippen LogP contribution is -2.17. The Morgan fingerprint density at radius 1 is 1.14 bits per heavy atom. The van der Waals surface area contributed by atoms with E-state index in [1.807, 2.05) is 55.5 Å². The summed E-state index contributed by atoms with van der Waals surface area (Å²) in [4.78, 5) is 11.4. The molecular weight excluding hydrogens is 466 g/mol. The second-order valence-electron chi connectivity index (χ2n) is 8.73. The van der Waals surface area contributed by atoms with Crippen LogP contribution in [0.1, 0.15) is 42.6 Å². The molecule has 1 heterocycles. The Morgan fingerprint density at radius 2 is 1.91 bits per heavy atom. The van der Waals surface area contributed by atoms with Gasteiger partial charge in [-0.2, -0.15) is 0 Å². The van der Waals surface area contributed by atoms with Crippen LogP contribution >= 0.6 is 0 Å². The number of hydrogen-bond donors (Lipinski definition) is 2. The van der Waals surface area contributed by atoms with Crippen molar-refractivity contribution in [3.63, 3.8) is 0 Å². The summed E-state index contributed by atoms with van der Waals surface area (Å²) in [5.41, 5.74) is 4.89. The molecule has 7 nitrogen and oxygen atoms in total. The molecule has 1 aliphatic rings. The number of aryl methyl sites for hydroxylation is 1. The van der Waals surface area contributed by atoms with Gasteiger partial charge in [0.15, 0.2) is 0 Å². The minimum absolute atomic E-state index is 0.380. The summed E-state index contributed by atoms with van der Waals surface area (Å²) in [6.07, 6.45) is 2.41. The van der Waals surface area contributed by atoms with Crippen LogP contribution in [0.25, 0.3) is 11.1 Å². The highest BCUT2D eigenvalue weighted by molar-refractivity contribution is 7.92. The normalized spacial score (nSPS) is 15.3. The number of aliphatic carboxylic acids is 1. The Labute approximate surface area is 205 Å². The van der Waals surface area contributed by atoms with E-state index in [0.29, 0.717) is 36.4 Å². The lowest BCUT2D eigenvalue weighted by Gasteiger charge is -2.31. The number of carbonyl (C=O) groups is 1. The quantitative estimate of drug-likeness (QED) is 0.420. The fourth-order valence-electron chi connectivity index (χ4n) is 4.52. The predicted octanol–water partition coefficient (Wildman–Crippen LogP) is 5.26. The summed E-state index contributed by atoms with van der Waals surface area (Å²) in [6.45, 7) is 1.88. The summed E-state index contributed by atoms with van der Waals surface area (Å²) in [5, 5.41) is 9.38. The fourth-order valence-corrected chi connectivity index (χ4v) is 5.08. The van der Waals surface area contributed by atoms with Crippen LogP contribution in [0.15, 0.2) is 60.7 Å². The Bertz CT molecular complexity index is 1350. The second kappa shape index (κ2) is 10.00. The van der Waals surface area contributed by atoms with Crippen molar-refractivity contribution < 1.29 is 27.8 Å². The van der Waals surface area contributed by atoms with Gasteiger partial charge in [0.25, 0.3) is 0 Å². The third kappa shape index (κ3) is 5.43. The average Bonchev–Trinajstić information content (AvgIpc) is 2.82. The van der Waals surface area contributed by atoms with E-state index in [4.69, 9.17) is 9.47 Å². The minimum Gasteiger partial charge on any atom is -0.496 e. The topological polar surface area (TPSA) is 102 Å². The van der Waals surface area contributed by atoms with Crippen LogP contribution in [-0.2, 0) is 21.2 Å². The van der Waals surface area contributed by atoms with Gasteiger partial charge in [-0.15, -0.1) is 0 Å². The molecule has 2 unspecified atom stereocenters. The number of carboxylic acid groups (broad SMARTS) is 1. The van der Waals surface area contributed by atoms with Gasteiger partial charge in [0, 0.05) is 11.3 Å². The number of rotatable bonds is 9. The third-order valence-corrected chi connectivity index (χ3v) is 6.84. The molecule has 0 aromatic heterocycles. The van der Waals surface area contributed by atoms with E-state index in [9.17, 15) is 18.3 Å². The molecule has 184 valence electrons. The number of sulfonamides is 1. The van der Waals surface area contributed by atoms with E-state index >= 15 is 0 Å². The van der Waals surface area contributed by atoms with Crippen LogP contribution in [-0.4, -0.2) is 32.9 Å². The van der Waals surface area contributed by atoms with Gasteiger partial charge in [0.05, 0.1) is 24.8 Å². The number of nitrogens with one attached hydrogen (secondary N) is 1. The van der Waals surface area contributed by atoms with Crippen LogP contribution < -0.4 is 14.2 Å². The fraction of sp³-hybridized carbons (Fsp3) is 0.296. The summed E-state index contributed by atoms with van der Waals surface area (Å²) < 4.78 is 38.3. The van der Waals surface area contributed by atoms with Crippen molar-refractivity contribution >= 4 is 21.7 Å². The molecule has 0 amide bonds. The SMILES string of the molecule is CCC(CCc1cccc(C2Oc3cccc(OC)c3-c3ccc(NS(C)(=O)=O)cc32)c1)C(=O)O. The number of hydrogen-bond acceptors (Lipinski definition) is 5. The van der Waals surface area contributed by atoms with Gasteiger partial charge in [0.2, 0.25) is 10.0 Å². The molecule has 0 fully saturated rings. The van der Waals surface area contributed by atoms with Gasteiger partial charge >= 0.3 is 5.97 Å². The molecule has 0 saturated carbocycles. The Kier molecular flexibility index (Phi) is 7.03. The molecule has 1 aliphatic heterocycles. The zero-order valence-corrected chi connectivity index (χ0v) is 20.8. The first kappa shape index (κ1) is 24.6. The molecule has 8 heteroatoms. The molecule has 0 aliphatic carbocycles. The standard InChI is InChI=1S/C27H29NO6S/c1-4-18(27(29)30)12-11-17-7-5-8-19(15-17)26-22-16-20(28-35(3,31)32)13-14-21(22)25-23(33-2)9-6-10-24(25)34-26/h5-10,13-16,18,26,28H,4,11-12H2,1-3H3,(H,29,30). The zero-order valence-electron chi connectivity index (χ0n) is 19.9. The van der Waals surface area contributed by atoms with Gasteiger partial charge in [-0.3, -0.25) is 9.52 Å². The van der Waals surface area contributed by atoms with Gasteiger partial charge in [-0.05, 0) is 60.2 Å². The Hall–Kier alpha value is -3.52. The summed E-state index contributed by atoms with van der Waals surface area (Å²) in [7, 11) is -1.85. The highest BCUT2D eigenvalue weighted by Crippen LogP contribution is 2.49. The van der Waals surface area contributed by atoms with E-state index in [0.717, 1.165) is 34.1 Å². The number of ether oxygens (including phenoxy) is 2. The molecule has 0 radical (unpaired) electrons. The van der Waals surface area contributed by atoms with Crippen molar-refractivity contribution in [2.24, 2.45) is 5.92 Å². The molecule has 2 N–H and O–H groups in total. The number of anilines is 1. The second-order valence-corrected chi connectivity index (χ2v) is 10.5. The molecular formula is C27H29NO6S. The lowest BCUT2D eigenvalue weighted by atomic mass is 9.88. The molecule has 0 saturated heterocycles. The number of methoxy groups -OCH3 is 1. The maximum atomic E-state index is 11.9. The van der Waals surface area contributed by atoms with Crippen molar-refractivity contribution in [1.29, 1.82) is 0 Å². The first-order valence-corrected chi connectivity index (χ1v) is 13.4. The minimum atomic E-state index is -3.45. The molecule has 0 bridgehead atoms. The van der Waals surface area contributed by atoms with Gasteiger partial charge in [-0.25, -0.2) is 8.42 Å². The Morgan fingerprint density at radius 3 is 2.60 bits per heavy atom. The maximum absolute atomic E-state index is 11.9. The van der Waals surface area contributed by atoms with E-state index in [1.54, 1.807) is 19.2 Å². The smallest absolute Gasteiger partial charge is 0.306 e. The molecule has 3 aromatic carbocycles. The van der Waals surface area contributed by atoms with E-state index < -0.39 is 22.1 Å². The summed E-state index contributed by atoms with van der Waals surface area (Å²) in [5.74, 6) is 0.186. The summed E-state index contributed by atoms with van der Waals surface area (Å²) in [6, 6.07) is 18.9. The molecule has 4 rings (SSSR count). The zero-order chi connectivity index (χ0) is 25.2. The molecule has 3 aromatic rings. The van der Waals surface area contributed by atoms with Crippen molar-refractivity contribution in [3.05, 3.63) is 77.4 Å². The number of benzene rings is 3. The molecule has 2 atom stereocenters. The molecule has 0 spiro atoms. The summed E-state index contributed by atoms with van der Waals surface area (Å²) >= 11 is 0. The van der Waals surface area contributed by atoms with Crippen LogP contribution in [0.2, 0.25) is 0 Å². The van der Waals surface area contributed by atoms with Gasteiger partial charge in [-0.1, -0.05) is 43.3 Å². The van der Waals surface area contributed by atoms with Crippen molar-refractivity contribution in [2.75, 3.05) is 18.1 Å². The average molecular weight is 496 g/mol. The van der Waals surface area contributed by atoms with Crippen LogP contribution in [0.5, 0.6) is 11.5 Å². The third-order valence-electron chi connectivity index (χ3n) is 6.24. The van der Waals surface area contributed by atoms with Crippen LogP contribution in [0.4, 0.5) is 5.69 Å². The highest BCUT2D eigenvalue weighted by atomic mass is 32.2. The van der Waals surface area contributed by atoms with Crippen molar-refractivity contribution in [1.82, 2.24) is 0 Å². The first-order chi connectivity index (χ1) is 16.7. The number of fused-ring (bicyclic) bond motifs is 3. The van der Waals surface area contributed by atoms with Gasteiger partial charge in [0.1, 0.15) is 17.6 Å². The highest BCUT2D eigenvalue weighted by Gasteiger charge is 2.30. The Balaban J connectivity index is 1.76. The van der Waals surface area contributed by atoms with E-state index in [2.05, 4.69) is 4.72 Å². The monoisotopic (exact) mass is 495 g/mol. The largest absolute Gasteiger partial charge is 0.496 e. The first-order valence-electron chi connectivity index (χ1n) is 11.5. The van der Waals surface area contributed by atoms with E-state index in [-0.39, 0.29) is 5.92 Å². The maximum Gasteiger partial charge on any atom is 0.306 e. The van der Waals surface area contributed by atoms with Gasteiger partial charge < -0.3 is 14.6 Å². The van der Waals surface area contributed by atoms with Crippen LogP contribution in [0.3, 0.4) is 0 Å². The number of carboxylic acids is 1. The predicted molar refractivity (Wildman–Crippen MR) is 136 cm³/mol. The van der Waals surface area contributed by atoms with E-state index in [1.165, 1.54) is 0 Å². The van der Waals surface area contributed by atoms with Crippen molar-refractivity contribution in [2.45, 2.75) is 32.3 Å². The van der Waals surface area contributed by atoms with Crippen molar-refractivity contribution in [3.8, 4) is 22.6 Å². The lowest BCUT2D eigenvalue weighted by molar-refractivity contribution is -0.142. The van der Waals surface area contributed by atoms with Crippen LogP contribution in [0, 0.1) is 5.92 Å².